The van der Waals surface area contributed by atoms with Crippen LogP contribution in [-0.4, -0.2) is 25.0 Å². The van der Waals surface area contributed by atoms with Crippen LogP contribution in [0.2, 0.25) is 0 Å². The van der Waals surface area contributed by atoms with Crippen LogP contribution in [0.4, 0.5) is 0 Å². The van der Waals surface area contributed by atoms with Gasteiger partial charge in [-0.1, -0.05) is 29.8 Å². The van der Waals surface area contributed by atoms with E-state index in [1.165, 1.54) is 0 Å². The number of nitrogens with one attached hydrogen (secondary N) is 1. The van der Waals surface area contributed by atoms with Crippen molar-refractivity contribution in [2.45, 2.75) is 18.8 Å². The Morgan fingerprint density at radius 1 is 1.18 bits per heavy atom. The van der Waals surface area contributed by atoms with Gasteiger partial charge in [0.15, 0.2) is 10.8 Å². The molecule has 0 bridgehead atoms. The zero-order chi connectivity index (χ0) is 15.6. The topological polar surface area (TPSA) is 106 Å². The van der Waals surface area contributed by atoms with E-state index in [0.29, 0.717) is 13.2 Å². The van der Waals surface area contributed by atoms with Gasteiger partial charge in [0, 0.05) is 5.92 Å². The van der Waals surface area contributed by atoms with Crippen molar-refractivity contribution in [3.8, 4) is 12.1 Å². The van der Waals surface area contributed by atoms with E-state index in [-0.39, 0.29) is 11.8 Å². The normalized spacial score (nSPS) is 37.2. The summed E-state index contributed by atoms with van der Waals surface area (Å²) >= 11 is 0. The minimum absolute atomic E-state index is 0.254. The Kier molecular flexibility index (Phi) is 2.33. The van der Waals surface area contributed by atoms with Crippen LogP contribution in [0.1, 0.15) is 17.0 Å². The van der Waals surface area contributed by atoms with E-state index in [1.54, 1.807) is 0 Å². The van der Waals surface area contributed by atoms with Crippen LogP contribution in [0.25, 0.3) is 0 Å². The van der Waals surface area contributed by atoms with Crippen molar-refractivity contribution in [1.29, 1.82) is 10.5 Å². The lowest BCUT2D eigenvalue weighted by atomic mass is 9.94. The molecule has 2 heterocycles. The minimum atomic E-state index is -1.32. The fourth-order valence-corrected chi connectivity index (χ4v) is 4.08. The molecule has 1 saturated carbocycles. The van der Waals surface area contributed by atoms with Crippen molar-refractivity contribution in [3.63, 3.8) is 0 Å². The van der Waals surface area contributed by atoms with Gasteiger partial charge in [-0.05, 0) is 12.5 Å². The van der Waals surface area contributed by atoms with E-state index in [0.717, 1.165) is 11.1 Å². The summed E-state index contributed by atoms with van der Waals surface area (Å²) in [5.74, 6) is -1.43. The molecule has 2 fully saturated rings. The molecule has 0 unspecified atom stereocenters. The average Bonchev–Trinajstić information content (AvgIpc) is 2.77. The highest BCUT2D eigenvalue weighted by Crippen LogP contribution is 2.78. The summed E-state index contributed by atoms with van der Waals surface area (Å²) in [7, 11) is 0. The quantitative estimate of drug-likeness (QED) is 0.710. The number of aryl methyl sites for hydroxylation is 1. The first-order valence-electron chi connectivity index (χ1n) is 7.16. The molecule has 1 aliphatic carbocycles. The summed E-state index contributed by atoms with van der Waals surface area (Å²) in [4.78, 5) is 2.93. The highest BCUT2D eigenvalue weighted by molar-refractivity contribution is 5.95. The number of rotatable bonds is 1. The summed E-state index contributed by atoms with van der Waals surface area (Å²) in [6, 6.07) is 12.4. The summed E-state index contributed by atoms with van der Waals surface area (Å²) in [6.07, 6.45) is 0. The smallest absolute Gasteiger partial charge is 0.311 e. The second kappa shape index (κ2) is 3.86. The van der Waals surface area contributed by atoms with Gasteiger partial charge in [0.1, 0.15) is 0 Å². The molecule has 3 aliphatic rings. The predicted molar refractivity (Wildman–Crippen MR) is 74.8 cm³/mol. The van der Waals surface area contributed by atoms with Crippen molar-refractivity contribution in [2.75, 3.05) is 13.2 Å². The van der Waals surface area contributed by atoms with Crippen LogP contribution in [0, 0.1) is 40.4 Å². The van der Waals surface area contributed by atoms with Gasteiger partial charge in [-0.25, -0.2) is 4.99 Å². The average molecular weight is 295 g/mol. The standard InChI is InChI=1S/C16H14N4O2/c1-10-2-4-11(5-3-10)12-14(8-17)13(19)20-16(15(12,14)9-18)21-6-7-22-16/h2-5,12H,6-7H2,1H3,(H2,19,20)/p+1/t12-,14+,15+/m0/s1. The molecule has 1 aromatic carbocycles. The fraction of sp³-hybridized carbons (Fsp3) is 0.438. The molecule has 0 aromatic heterocycles. The van der Waals surface area contributed by atoms with E-state index < -0.39 is 16.7 Å². The number of benzene rings is 1. The number of amidine groups is 1. The Hall–Kier alpha value is -2.41. The lowest BCUT2D eigenvalue weighted by Crippen LogP contribution is -2.89. The summed E-state index contributed by atoms with van der Waals surface area (Å²) in [5, 5.41) is 19.7. The summed E-state index contributed by atoms with van der Waals surface area (Å²) in [5.41, 5.74) is 5.84. The Bertz CT molecular complexity index is 767. The molecule has 1 aromatic rings. The van der Waals surface area contributed by atoms with Gasteiger partial charge in [-0.3, -0.25) is 5.73 Å². The van der Waals surface area contributed by atoms with E-state index in [9.17, 15) is 10.5 Å². The summed E-state index contributed by atoms with van der Waals surface area (Å²) in [6.45, 7) is 2.72. The third-order valence-electron chi connectivity index (χ3n) is 5.11. The Labute approximate surface area is 127 Å². The van der Waals surface area contributed by atoms with Crippen molar-refractivity contribution < 1.29 is 14.5 Å². The van der Waals surface area contributed by atoms with Gasteiger partial charge in [-0.15, -0.1) is 0 Å². The molecule has 3 atom stereocenters. The first kappa shape index (κ1) is 13.3. The zero-order valence-electron chi connectivity index (χ0n) is 12.1. The maximum absolute atomic E-state index is 9.92. The van der Waals surface area contributed by atoms with E-state index in [2.05, 4.69) is 17.1 Å². The minimum Gasteiger partial charge on any atom is -0.311 e. The van der Waals surface area contributed by atoms with Gasteiger partial charge in [0.2, 0.25) is 0 Å². The van der Waals surface area contributed by atoms with Crippen LogP contribution in [0.15, 0.2) is 24.3 Å². The number of hydrogen-bond donors (Lipinski definition) is 2. The first-order valence-corrected chi connectivity index (χ1v) is 7.16. The van der Waals surface area contributed by atoms with Crippen LogP contribution >= 0.6 is 0 Å². The van der Waals surface area contributed by atoms with Gasteiger partial charge < -0.3 is 9.47 Å². The van der Waals surface area contributed by atoms with Crippen LogP contribution < -0.4 is 10.7 Å². The van der Waals surface area contributed by atoms with Crippen LogP contribution in [0.3, 0.4) is 0 Å². The van der Waals surface area contributed by atoms with Crippen molar-refractivity contribution in [3.05, 3.63) is 35.4 Å². The maximum Gasteiger partial charge on any atom is 0.343 e. The third-order valence-corrected chi connectivity index (χ3v) is 5.11. The van der Waals surface area contributed by atoms with Gasteiger partial charge >= 0.3 is 5.91 Å². The second-order valence-electron chi connectivity index (χ2n) is 6.04. The Morgan fingerprint density at radius 3 is 2.36 bits per heavy atom. The summed E-state index contributed by atoms with van der Waals surface area (Å²) < 4.78 is 11.4. The molecule has 4 rings (SSSR count). The predicted octanol–water partition coefficient (Wildman–Crippen LogP) is -0.736. The van der Waals surface area contributed by atoms with Crippen molar-refractivity contribution in [2.24, 2.45) is 16.6 Å². The van der Waals surface area contributed by atoms with Crippen molar-refractivity contribution in [1.82, 2.24) is 0 Å². The Balaban J connectivity index is 1.92. The fourth-order valence-electron chi connectivity index (χ4n) is 4.08. The Morgan fingerprint density at radius 2 is 1.82 bits per heavy atom. The first-order chi connectivity index (χ1) is 10.6. The molecular weight excluding hydrogens is 280 g/mol. The van der Waals surface area contributed by atoms with Gasteiger partial charge in [-0.2, -0.15) is 10.5 Å². The lowest BCUT2D eigenvalue weighted by Gasteiger charge is -2.23. The molecule has 1 saturated heterocycles. The lowest BCUT2D eigenvalue weighted by molar-refractivity contribution is -0.676. The number of nitrogens with two attached hydrogens (primary N) is 1. The van der Waals surface area contributed by atoms with Crippen LogP contribution in [-0.2, 0) is 9.47 Å². The number of hydrogen-bond acceptors (Lipinski definition) is 5. The molecule has 3 N–H and O–H groups in total. The second-order valence-corrected chi connectivity index (χ2v) is 6.04. The highest BCUT2D eigenvalue weighted by atomic mass is 16.8. The molecule has 110 valence electrons. The molecule has 22 heavy (non-hydrogen) atoms. The molecule has 2 aliphatic heterocycles. The molecule has 0 amide bonds. The monoisotopic (exact) mass is 295 g/mol. The number of nitrogens with zero attached hydrogens (tertiary/aromatic N) is 2. The highest BCUT2D eigenvalue weighted by Gasteiger charge is 2.97. The van der Waals surface area contributed by atoms with Gasteiger partial charge in [0.05, 0.1) is 25.4 Å². The maximum atomic E-state index is 9.92. The largest absolute Gasteiger partial charge is 0.343 e. The molecule has 0 radical (unpaired) electrons. The zero-order valence-corrected chi connectivity index (χ0v) is 12.1. The molecule has 6 heteroatoms. The SMILES string of the molecule is Cc1ccc([C@H]2[C@]3(C#N)C(N)=[NH+]C4(OCCO4)[C@]23C#N)cc1. The van der Waals surface area contributed by atoms with E-state index >= 15 is 0 Å². The number of fused-ring (bicyclic) bond motifs is 2. The van der Waals surface area contributed by atoms with Crippen molar-refractivity contribution >= 4 is 5.84 Å². The number of nitriles is 2. The van der Waals surface area contributed by atoms with Crippen LogP contribution in [0.5, 0.6) is 0 Å². The molecule has 6 nitrogen and oxygen atoms in total. The molecule has 1 spiro atoms. The number of ether oxygens (including phenoxy) is 2. The third kappa shape index (κ3) is 1.13. The molecular formula is C16H15N4O2+. The van der Waals surface area contributed by atoms with Gasteiger partial charge in [0.25, 0.3) is 5.84 Å². The van der Waals surface area contributed by atoms with E-state index in [4.69, 9.17) is 15.2 Å². The van der Waals surface area contributed by atoms with E-state index in [1.807, 2.05) is 31.2 Å².